The molecule has 0 aliphatic heterocycles. The maximum absolute atomic E-state index is 14.5. The summed E-state index contributed by atoms with van der Waals surface area (Å²) in [5.41, 5.74) is 8.09. The summed E-state index contributed by atoms with van der Waals surface area (Å²) < 4.78 is 0. The lowest BCUT2D eigenvalue weighted by Gasteiger charge is -2.29. The van der Waals surface area contributed by atoms with Crippen LogP contribution in [0.1, 0.15) is 207 Å². The minimum Gasteiger partial charge on any atom is -0.504 e. The van der Waals surface area contributed by atoms with Gasteiger partial charge in [0.15, 0.2) is 5.76 Å². The van der Waals surface area contributed by atoms with Gasteiger partial charge in [0.2, 0.25) is 5.78 Å². The third kappa shape index (κ3) is 9.57. The van der Waals surface area contributed by atoms with Gasteiger partial charge in [-0.25, -0.2) is 0 Å². The van der Waals surface area contributed by atoms with Gasteiger partial charge in [-0.1, -0.05) is 112 Å². The summed E-state index contributed by atoms with van der Waals surface area (Å²) in [6.45, 7) is 20.2. The third-order valence-electron chi connectivity index (χ3n) is 9.84. The van der Waals surface area contributed by atoms with Gasteiger partial charge in [0, 0.05) is 5.56 Å². The van der Waals surface area contributed by atoms with Gasteiger partial charge in [-0.3, -0.25) is 4.79 Å². The van der Waals surface area contributed by atoms with Crippen LogP contribution >= 0.6 is 0 Å². The van der Waals surface area contributed by atoms with Crippen molar-refractivity contribution in [2.24, 2.45) is 0 Å². The predicted octanol–water partition coefficient (Wildman–Crippen LogP) is 13.2. The van der Waals surface area contributed by atoms with Crippen LogP contribution < -0.4 is 0 Å². The number of allylic oxidation sites excluding steroid dienone is 1. The fourth-order valence-electron chi connectivity index (χ4n) is 7.32. The monoisotopic (exact) mass is 588 g/mol. The SMILES string of the molecule is CCCC(CC)c1cc(C(=O)C(O)=Cc2cc(CC)ccc2C(CC)CCC)c(C(CC)CCC)c(C(CC)CCC)c1. The topological polar surface area (TPSA) is 37.3 Å². The molecule has 43 heavy (non-hydrogen) atoms. The summed E-state index contributed by atoms with van der Waals surface area (Å²) in [5, 5.41) is 11.7. The molecular formula is C41H64O2. The number of carbonyl (C=O) groups is 1. The van der Waals surface area contributed by atoms with E-state index in [1.165, 1.54) is 27.8 Å². The highest BCUT2D eigenvalue weighted by Crippen LogP contribution is 2.41. The molecule has 0 radical (unpaired) electrons. The Bertz CT molecular complexity index is 1160. The minimum atomic E-state index is -0.207. The number of hydrogen-bond donors (Lipinski definition) is 1. The van der Waals surface area contributed by atoms with Crippen molar-refractivity contribution in [1.29, 1.82) is 0 Å². The number of aliphatic hydroxyl groups excluding tert-OH is 1. The molecule has 0 aliphatic carbocycles. The zero-order chi connectivity index (χ0) is 31.9. The number of ketones is 1. The highest BCUT2D eigenvalue weighted by Gasteiger charge is 2.28. The van der Waals surface area contributed by atoms with Crippen molar-refractivity contribution in [1.82, 2.24) is 0 Å². The van der Waals surface area contributed by atoms with Crippen LogP contribution in [-0.4, -0.2) is 10.9 Å². The lowest BCUT2D eigenvalue weighted by Crippen LogP contribution is -2.17. The standard InChI is InChI=1S/C41H64O2/c1-10-19-30(15-6)34-26-37(32(17-8)21-12-3)40(33(18-9)22-13-4)38(27-34)41(43)39(42)28-35-25-29(14-5)23-24-36(35)31(16-7)20-11-2/h23-28,30-33,42H,10-22H2,1-9H3. The zero-order valence-electron chi connectivity index (χ0n) is 29.3. The van der Waals surface area contributed by atoms with Gasteiger partial charge < -0.3 is 5.11 Å². The molecule has 4 unspecified atom stereocenters. The molecule has 4 atom stereocenters. The van der Waals surface area contributed by atoms with Crippen molar-refractivity contribution in [3.63, 3.8) is 0 Å². The fraction of sp³-hybridized carbons (Fsp3) is 0.634. The molecule has 0 bridgehead atoms. The van der Waals surface area contributed by atoms with Gasteiger partial charge >= 0.3 is 0 Å². The summed E-state index contributed by atoms with van der Waals surface area (Å²) in [4.78, 5) is 14.5. The molecule has 2 heteroatoms. The first kappa shape index (κ1) is 36.8. The van der Waals surface area contributed by atoms with Crippen molar-refractivity contribution >= 4 is 11.9 Å². The zero-order valence-corrected chi connectivity index (χ0v) is 29.3. The number of Topliss-reactive ketones (excluding diaryl/α,β-unsaturated/α-hetero) is 1. The summed E-state index contributed by atoms with van der Waals surface area (Å²) in [6.07, 6.45) is 15.7. The van der Waals surface area contributed by atoms with Crippen molar-refractivity contribution in [3.05, 3.63) is 75.0 Å². The Hall–Kier alpha value is -2.35. The average Bonchev–Trinajstić information content (AvgIpc) is 3.03. The van der Waals surface area contributed by atoms with E-state index in [2.05, 4.69) is 92.6 Å². The Morgan fingerprint density at radius 2 is 1.16 bits per heavy atom. The first-order valence-electron chi connectivity index (χ1n) is 18.0. The third-order valence-corrected chi connectivity index (χ3v) is 9.84. The molecule has 0 fully saturated rings. The second-order valence-corrected chi connectivity index (χ2v) is 12.8. The smallest absolute Gasteiger partial charge is 0.227 e. The van der Waals surface area contributed by atoms with Gasteiger partial charge in [0.25, 0.3) is 0 Å². The normalized spacial score (nSPS) is 14.9. The number of hydrogen-bond acceptors (Lipinski definition) is 2. The van der Waals surface area contributed by atoms with E-state index in [9.17, 15) is 9.90 Å². The van der Waals surface area contributed by atoms with E-state index < -0.39 is 0 Å². The van der Waals surface area contributed by atoms with Gasteiger partial charge in [-0.2, -0.15) is 0 Å². The van der Waals surface area contributed by atoms with Crippen molar-refractivity contribution in [3.8, 4) is 0 Å². The maximum Gasteiger partial charge on any atom is 0.227 e. The van der Waals surface area contributed by atoms with E-state index in [-0.39, 0.29) is 11.5 Å². The van der Waals surface area contributed by atoms with E-state index in [1.54, 1.807) is 6.08 Å². The summed E-state index contributed by atoms with van der Waals surface area (Å²) in [7, 11) is 0. The highest BCUT2D eigenvalue weighted by molar-refractivity contribution is 6.11. The number of aliphatic hydroxyl groups is 1. The predicted molar refractivity (Wildman–Crippen MR) is 189 cm³/mol. The molecule has 0 heterocycles. The first-order valence-corrected chi connectivity index (χ1v) is 18.0. The molecule has 0 saturated heterocycles. The van der Waals surface area contributed by atoms with E-state index >= 15 is 0 Å². The van der Waals surface area contributed by atoms with Crippen LogP contribution in [-0.2, 0) is 6.42 Å². The van der Waals surface area contributed by atoms with Crippen LogP contribution in [0.5, 0.6) is 0 Å². The van der Waals surface area contributed by atoms with E-state index in [0.29, 0.717) is 23.7 Å². The van der Waals surface area contributed by atoms with Crippen LogP contribution in [0, 0.1) is 0 Å². The number of aryl methyl sites for hydroxylation is 1. The highest BCUT2D eigenvalue weighted by atomic mass is 16.3. The van der Waals surface area contributed by atoms with Crippen molar-refractivity contribution in [2.45, 2.75) is 169 Å². The lowest BCUT2D eigenvalue weighted by atomic mass is 9.75. The van der Waals surface area contributed by atoms with Crippen molar-refractivity contribution < 1.29 is 9.90 Å². The Morgan fingerprint density at radius 3 is 1.67 bits per heavy atom. The fourth-order valence-corrected chi connectivity index (χ4v) is 7.32. The van der Waals surface area contributed by atoms with Crippen LogP contribution in [0.15, 0.2) is 36.1 Å². The molecule has 0 spiro atoms. The van der Waals surface area contributed by atoms with Gasteiger partial charge in [-0.15, -0.1) is 0 Å². The first-order chi connectivity index (χ1) is 20.8. The Labute approximate surface area is 265 Å². The van der Waals surface area contributed by atoms with Gasteiger partial charge in [-0.05, 0) is 127 Å². The van der Waals surface area contributed by atoms with Crippen LogP contribution in [0.3, 0.4) is 0 Å². The van der Waals surface area contributed by atoms with E-state index in [1.807, 2.05) is 0 Å². The van der Waals surface area contributed by atoms with E-state index in [4.69, 9.17) is 0 Å². The second-order valence-electron chi connectivity index (χ2n) is 12.8. The molecule has 2 rings (SSSR count). The Balaban J connectivity index is 2.90. The summed E-state index contributed by atoms with van der Waals surface area (Å²) in [5.74, 6) is 1.25. The molecule has 0 amide bonds. The molecule has 2 nitrogen and oxygen atoms in total. The molecule has 240 valence electrons. The average molecular weight is 589 g/mol. The quantitative estimate of drug-likeness (QED) is 0.0949. The number of benzene rings is 2. The summed E-state index contributed by atoms with van der Waals surface area (Å²) in [6, 6.07) is 11.3. The molecule has 0 saturated carbocycles. The molecular weight excluding hydrogens is 524 g/mol. The number of carbonyl (C=O) groups excluding carboxylic acids is 1. The summed E-state index contributed by atoms with van der Waals surface area (Å²) >= 11 is 0. The second kappa shape index (κ2) is 19.1. The molecule has 1 N–H and O–H groups in total. The molecule has 0 aromatic heterocycles. The van der Waals surface area contributed by atoms with Crippen molar-refractivity contribution in [2.75, 3.05) is 0 Å². The van der Waals surface area contributed by atoms with Crippen LogP contribution in [0.25, 0.3) is 6.08 Å². The minimum absolute atomic E-state index is 0.122. The molecule has 2 aromatic rings. The van der Waals surface area contributed by atoms with Crippen LogP contribution in [0.4, 0.5) is 0 Å². The van der Waals surface area contributed by atoms with Crippen LogP contribution in [0.2, 0.25) is 0 Å². The Kier molecular flexibility index (Phi) is 16.4. The van der Waals surface area contributed by atoms with Gasteiger partial charge in [0.1, 0.15) is 0 Å². The molecule has 0 aliphatic rings. The largest absolute Gasteiger partial charge is 0.504 e. The lowest BCUT2D eigenvalue weighted by molar-refractivity contribution is 0.0978. The molecule has 2 aromatic carbocycles. The number of rotatable bonds is 20. The maximum atomic E-state index is 14.5. The van der Waals surface area contributed by atoms with Gasteiger partial charge in [0.05, 0.1) is 0 Å². The van der Waals surface area contributed by atoms with E-state index in [0.717, 1.165) is 94.6 Å². The Morgan fingerprint density at radius 1 is 0.651 bits per heavy atom.